The summed E-state index contributed by atoms with van der Waals surface area (Å²) in [6.45, 7) is 3.21. The molecule has 13 heavy (non-hydrogen) atoms. The first kappa shape index (κ1) is 10.4. The summed E-state index contributed by atoms with van der Waals surface area (Å²) >= 11 is 3.11. The van der Waals surface area contributed by atoms with Gasteiger partial charge in [-0.1, -0.05) is 15.9 Å². The zero-order valence-electron chi connectivity index (χ0n) is 7.46. The molecule has 0 aromatic heterocycles. The third-order valence-electron chi connectivity index (χ3n) is 1.76. The van der Waals surface area contributed by atoms with E-state index in [9.17, 15) is 14.4 Å². The van der Waals surface area contributed by atoms with Gasteiger partial charge in [0.15, 0.2) is 0 Å². The summed E-state index contributed by atoms with van der Waals surface area (Å²) < 4.78 is -0.858. The summed E-state index contributed by atoms with van der Waals surface area (Å²) in [5.41, 5.74) is 0. The van der Waals surface area contributed by atoms with Gasteiger partial charge in [0.25, 0.3) is 5.91 Å². The number of nitrogens with zero attached hydrogens (tertiary/aromatic N) is 1. The van der Waals surface area contributed by atoms with Crippen LogP contribution in [0.3, 0.4) is 0 Å². The maximum atomic E-state index is 11.5. The number of hydrogen-bond acceptors (Lipinski definition) is 3. The second-order valence-corrected chi connectivity index (χ2v) is 5.38. The highest BCUT2D eigenvalue weighted by molar-refractivity contribution is 9.10. The van der Waals surface area contributed by atoms with E-state index in [0.29, 0.717) is 0 Å². The van der Waals surface area contributed by atoms with Crippen molar-refractivity contribution in [3.05, 3.63) is 0 Å². The molecule has 0 aromatic carbocycles. The molecule has 0 spiro atoms. The molecule has 1 saturated heterocycles. The predicted molar refractivity (Wildman–Crippen MR) is 49.1 cm³/mol. The van der Waals surface area contributed by atoms with Crippen LogP contribution >= 0.6 is 15.9 Å². The number of alkyl halides is 1. The van der Waals surface area contributed by atoms with Gasteiger partial charge in [-0.15, -0.1) is 0 Å². The zero-order chi connectivity index (χ0) is 10.2. The third-order valence-corrected chi connectivity index (χ3v) is 2.10. The lowest BCUT2D eigenvalue weighted by molar-refractivity contribution is -0.150. The van der Waals surface area contributed by atoms with Gasteiger partial charge in [0.2, 0.25) is 11.8 Å². The molecular formula is C8H10BrNO3. The van der Waals surface area contributed by atoms with Crippen LogP contribution in [0.5, 0.6) is 0 Å². The Balaban J connectivity index is 2.89. The minimum atomic E-state index is -0.858. The molecule has 1 heterocycles. The van der Waals surface area contributed by atoms with Crippen LogP contribution in [-0.4, -0.2) is 26.9 Å². The standard InChI is InChI=1S/C8H10BrNO3/c1-8(2,9)7(13)10-5(11)3-4-6(10)12/h3-4H2,1-2H3. The zero-order valence-corrected chi connectivity index (χ0v) is 9.05. The number of hydrogen-bond donors (Lipinski definition) is 0. The van der Waals surface area contributed by atoms with Crippen molar-refractivity contribution in [3.63, 3.8) is 0 Å². The Morgan fingerprint density at radius 3 is 2.00 bits per heavy atom. The van der Waals surface area contributed by atoms with Crippen LogP contribution in [0.15, 0.2) is 0 Å². The maximum absolute atomic E-state index is 11.5. The van der Waals surface area contributed by atoms with E-state index in [1.54, 1.807) is 13.8 Å². The Morgan fingerprint density at radius 1 is 1.31 bits per heavy atom. The van der Waals surface area contributed by atoms with E-state index in [2.05, 4.69) is 15.9 Å². The van der Waals surface area contributed by atoms with Gasteiger partial charge in [-0.2, -0.15) is 0 Å². The summed E-state index contributed by atoms with van der Waals surface area (Å²) in [6, 6.07) is 0. The molecule has 1 rings (SSSR count). The molecule has 72 valence electrons. The van der Waals surface area contributed by atoms with Crippen molar-refractivity contribution in [2.45, 2.75) is 31.0 Å². The van der Waals surface area contributed by atoms with Crippen LogP contribution in [-0.2, 0) is 14.4 Å². The Morgan fingerprint density at radius 2 is 1.69 bits per heavy atom. The van der Waals surface area contributed by atoms with Crippen LogP contribution in [0.25, 0.3) is 0 Å². The molecule has 1 aliphatic heterocycles. The molecule has 0 aliphatic carbocycles. The fraction of sp³-hybridized carbons (Fsp3) is 0.625. The van der Waals surface area contributed by atoms with Gasteiger partial charge in [-0.3, -0.25) is 14.4 Å². The van der Waals surface area contributed by atoms with Gasteiger partial charge in [0.1, 0.15) is 0 Å². The smallest absolute Gasteiger partial charge is 0.252 e. The molecule has 1 fully saturated rings. The predicted octanol–water partition coefficient (Wildman–Crippen LogP) is 0.836. The van der Waals surface area contributed by atoms with Crippen molar-refractivity contribution in [1.29, 1.82) is 0 Å². The molecule has 0 unspecified atom stereocenters. The average molecular weight is 248 g/mol. The van der Waals surface area contributed by atoms with Gasteiger partial charge in [-0.25, -0.2) is 4.90 Å². The topological polar surface area (TPSA) is 54.5 Å². The fourth-order valence-electron chi connectivity index (χ4n) is 1.07. The SMILES string of the molecule is CC(C)(Br)C(=O)N1C(=O)CCC1=O. The Kier molecular flexibility index (Phi) is 2.56. The number of amides is 3. The lowest BCUT2D eigenvalue weighted by Gasteiger charge is -2.20. The van der Waals surface area contributed by atoms with E-state index in [0.717, 1.165) is 4.90 Å². The van der Waals surface area contributed by atoms with Gasteiger partial charge < -0.3 is 0 Å². The number of carbonyl (C=O) groups excluding carboxylic acids is 3. The van der Waals surface area contributed by atoms with Crippen molar-refractivity contribution in [1.82, 2.24) is 4.90 Å². The Bertz CT molecular complexity index is 264. The Hall–Kier alpha value is -0.710. The number of carbonyl (C=O) groups is 3. The molecule has 0 radical (unpaired) electrons. The van der Waals surface area contributed by atoms with Crippen molar-refractivity contribution in [2.75, 3.05) is 0 Å². The summed E-state index contributed by atoms with van der Waals surface area (Å²) in [7, 11) is 0. The van der Waals surface area contributed by atoms with Crippen LogP contribution in [0, 0.1) is 0 Å². The van der Waals surface area contributed by atoms with Gasteiger partial charge >= 0.3 is 0 Å². The highest BCUT2D eigenvalue weighted by atomic mass is 79.9. The molecule has 0 atom stereocenters. The highest BCUT2D eigenvalue weighted by Gasteiger charge is 2.40. The highest BCUT2D eigenvalue weighted by Crippen LogP contribution is 2.23. The van der Waals surface area contributed by atoms with E-state index >= 15 is 0 Å². The molecule has 0 N–H and O–H groups in total. The van der Waals surface area contributed by atoms with Crippen molar-refractivity contribution < 1.29 is 14.4 Å². The molecule has 4 nitrogen and oxygen atoms in total. The minimum Gasteiger partial charge on any atom is -0.274 e. The quantitative estimate of drug-likeness (QED) is 0.510. The van der Waals surface area contributed by atoms with Gasteiger partial charge in [0, 0.05) is 12.8 Å². The van der Waals surface area contributed by atoms with E-state index in [1.807, 2.05) is 0 Å². The summed E-state index contributed by atoms with van der Waals surface area (Å²) in [6.07, 6.45) is 0.293. The monoisotopic (exact) mass is 247 g/mol. The normalized spacial score (nSPS) is 18.2. The molecular weight excluding hydrogens is 238 g/mol. The summed E-state index contributed by atoms with van der Waals surface area (Å²) in [4.78, 5) is 34.5. The van der Waals surface area contributed by atoms with Crippen molar-refractivity contribution in [2.24, 2.45) is 0 Å². The summed E-state index contributed by atoms with van der Waals surface area (Å²) in [5.74, 6) is -1.29. The van der Waals surface area contributed by atoms with Crippen molar-refractivity contribution in [3.8, 4) is 0 Å². The lowest BCUT2D eigenvalue weighted by atomic mass is 10.2. The molecule has 1 aliphatic rings. The van der Waals surface area contributed by atoms with Crippen molar-refractivity contribution >= 4 is 33.7 Å². The first-order chi connectivity index (χ1) is 5.84. The van der Waals surface area contributed by atoms with Crippen LogP contribution in [0.1, 0.15) is 26.7 Å². The van der Waals surface area contributed by atoms with Crippen LogP contribution in [0.4, 0.5) is 0 Å². The lowest BCUT2D eigenvalue weighted by Crippen LogP contribution is -2.44. The van der Waals surface area contributed by atoms with E-state index in [4.69, 9.17) is 0 Å². The first-order valence-electron chi connectivity index (χ1n) is 3.93. The van der Waals surface area contributed by atoms with Gasteiger partial charge in [0.05, 0.1) is 4.32 Å². The third kappa shape index (κ3) is 1.96. The first-order valence-corrected chi connectivity index (χ1v) is 4.72. The minimum absolute atomic E-state index is 0.146. The second kappa shape index (κ2) is 3.21. The Labute approximate surface area is 84.4 Å². The number of rotatable bonds is 1. The second-order valence-electron chi connectivity index (χ2n) is 3.40. The largest absolute Gasteiger partial charge is 0.274 e. The van der Waals surface area contributed by atoms with E-state index in [-0.39, 0.29) is 12.8 Å². The molecule has 5 heteroatoms. The number of likely N-dealkylation sites (tertiary alicyclic amines) is 1. The average Bonchev–Trinajstić information content (AvgIpc) is 2.28. The molecule has 0 bridgehead atoms. The van der Waals surface area contributed by atoms with Crippen LogP contribution in [0.2, 0.25) is 0 Å². The van der Waals surface area contributed by atoms with Gasteiger partial charge in [-0.05, 0) is 13.8 Å². The van der Waals surface area contributed by atoms with E-state index < -0.39 is 22.0 Å². The molecule has 0 aromatic rings. The maximum Gasteiger partial charge on any atom is 0.252 e. The number of halogens is 1. The fourth-order valence-corrected chi connectivity index (χ4v) is 1.25. The molecule has 3 amide bonds. The summed E-state index contributed by atoms with van der Waals surface area (Å²) in [5, 5.41) is 0. The number of imide groups is 3. The van der Waals surface area contributed by atoms with Crippen LogP contribution < -0.4 is 0 Å². The molecule has 0 saturated carbocycles. The van der Waals surface area contributed by atoms with E-state index in [1.165, 1.54) is 0 Å².